The summed E-state index contributed by atoms with van der Waals surface area (Å²) in [5.74, 6) is -0.227. The van der Waals surface area contributed by atoms with Crippen molar-refractivity contribution < 1.29 is 32.9 Å². The zero-order chi connectivity index (χ0) is 46.4. The van der Waals surface area contributed by atoms with E-state index < -0.39 is 20.0 Å². The second-order valence-electron chi connectivity index (χ2n) is 16.4. The average Bonchev–Trinajstić information content (AvgIpc) is 3.24. The lowest BCUT2D eigenvalue weighted by Gasteiger charge is -2.25. The van der Waals surface area contributed by atoms with E-state index in [0.29, 0.717) is 23.9 Å². The van der Waals surface area contributed by atoms with Gasteiger partial charge in [0.25, 0.3) is 0 Å². The van der Waals surface area contributed by atoms with Crippen LogP contribution in [0.5, 0.6) is 0 Å². The Hall–Kier alpha value is -3.62. The molecule has 0 saturated carbocycles. The topological polar surface area (TPSA) is 105 Å². The maximum absolute atomic E-state index is 12.7. The van der Waals surface area contributed by atoms with Crippen LogP contribution in [-0.2, 0) is 18.4 Å². The quantitative estimate of drug-likeness (QED) is 0.0245. The molecule has 0 bridgehead atoms. The fourth-order valence-electron chi connectivity index (χ4n) is 5.56. The summed E-state index contributed by atoms with van der Waals surface area (Å²) in [5.41, 5.74) is 0. The fraction of sp³-hybridized carbons (Fsp3) is 0.537. The van der Waals surface area contributed by atoms with E-state index in [4.69, 9.17) is 9.05 Å². The molecular formula is C54H88N2O6P+. The van der Waals surface area contributed by atoms with Crippen molar-refractivity contribution >= 4 is 13.7 Å². The van der Waals surface area contributed by atoms with Crippen molar-refractivity contribution in [3.8, 4) is 0 Å². The number of amides is 1. The molecule has 0 aliphatic heterocycles. The van der Waals surface area contributed by atoms with E-state index in [9.17, 15) is 19.4 Å². The molecule has 3 N–H and O–H groups in total. The highest BCUT2D eigenvalue weighted by atomic mass is 31.2. The first-order valence-corrected chi connectivity index (χ1v) is 25.2. The number of phosphoric ester groups is 1. The van der Waals surface area contributed by atoms with Gasteiger partial charge in [0, 0.05) is 6.42 Å². The van der Waals surface area contributed by atoms with Gasteiger partial charge in [-0.05, 0) is 96.3 Å². The van der Waals surface area contributed by atoms with Crippen LogP contribution in [0.1, 0.15) is 136 Å². The second kappa shape index (κ2) is 43.6. The molecule has 3 unspecified atom stereocenters. The molecule has 1 amide bonds. The maximum atomic E-state index is 12.7. The van der Waals surface area contributed by atoms with Crippen LogP contribution < -0.4 is 5.32 Å². The summed E-state index contributed by atoms with van der Waals surface area (Å²) in [5, 5.41) is 13.5. The van der Waals surface area contributed by atoms with E-state index >= 15 is 0 Å². The highest BCUT2D eigenvalue weighted by molar-refractivity contribution is 7.47. The molecule has 63 heavy (non-hydrogen) atoms. The number of hydrogen-bond acceptors (Lipinski definition) is 5. The maximum Gasteiger partial charge on any atom is 0.472 e. The van der Waals surface area contributed by atoms with Crippen LogP contribution in [0.4, 0.5) is 0 Å². The second-order valence-corrected chi connectivity index (χ2v) is 17.9. The van der Waals surface area contributed by atoms with Gasteiger partial charge in [0.2, 0.25) is 5.91 Å². The largest absolute Gasteiger partial charge is 0.472 e. The Morgan fingerprint density at radius 1 is 0.556 bits per heavy atom. The lowest BCUT2D eigenvalue weighted by molar-refractivity contribution is -0.870. The summed E-state index contributed by atoms with van der Waals surface area (Å²) in [6.07, 6.45) is 68.6. The number of carbonyl (C=O) groups excluding carboxylic acids is 1. The van der Waals surface area contributed by atoms with Crippen molar-refractivity contribution in [1.82, 2.24) is 5.32 Å². The van der Waals surface area contributed by atoms with E-state index in [1.807, 2.05) is 27.2 Å². The van der Waals surface area contributed by atoms with Crippen molar-refractivity contribution in [2.75, 3.05) is 40.9 Å². The molecule has 0 aliphatic rings. The minimum atomic E-state index is -4.34. The SMILES string of the molecule is CC/C=C\C/C=C\C/C=C\C/C=C\C/C=C\C/C=C\C/C=C\C/C=C\C/C=C\C/C=C\C/C=C\CCCCCC(=O)NC(COP(=O)(O)OCC[N+](C)(C)C)C(O)/C=C/CCCC. The number of aliphatic hydroxyl groups is 1. The van der Waals surface area contributed by atoms with Crippen LogP contribution in [0.3, 0.4) is 0 Å². The van der Waals surface area contributed by atoms with Gasteiger partial charge >= 0.3 is 7.82 Å². The van der Waals surface area contributed by atoms with Gasteiger partial charge in [-0.1, -0.05) is 179 Å². The number of phosphoric acid groups is 1. The van der Waals surface area contributed by atoms with Gasteiger partial charge in [-0.2, -0.15) is 0 Å². The minimum absolute atomic E-state index is 0.0447. The van der Waals surface area contributed by atoms with Gasteiger partial charge in [-0.3, -0.25) is 13.8 Å². The standard InChI is InChI=1S/C54H87N2O6P/c1-6-8-10-12-13-14-15-16-17-18-19-20-21-22-23-24-25-26-27-28-29-30-31-32-33-34-35-36-37-38-39-40-41-42-43-44-46-48-54(58)55-52(53(57)47-45-11-9-7-2)51-62-63(59,60)61-50-49-56(3,4)5/h8,10,13-14,16-17,19-20,22-23,25-26,28-29,31-32,34-35,37-38,40-41,45,47,52-53,57H,6-7,9,11-12,15,18,21,24,27,30,33,36,39,42-44,46,48-51H2,1-5H3,(H-,55,58,59,60)/p+1/b10-8-,14-13-,17-16-,20-19-,23-22-,26-25-,29-28-,32-31-,35-34-,38-37-,41-40-,47-45+. The van der Waals surface area contributed by atoms with E-state index in [1.165, 1.54) is 0 Å². The number of rotatable bonds is 40. The third-order valence-corrected chi connectivity index (χ3v) is 10.3. The van der Waals surface area contributed by atoms with Crippen molar-refractivity contribution in [3.05, 3.63) is 146 Å². The summed E-state index contributed by atoms with van der Waals surface area (Å²) in [7, 11) is 1.51. The first-order chi connectivity index (χ1) is 30.5. The monoisotopic (exact) mass is 892 g/mol. The zero-order valence-electron chi connectivity index (χ0n) is 40.0. The fourth-order valence-corrected chi connectivity index (χ4v) is 6.29. The zero-order valence-corrected chi connectivity index (χ0v) is 40.9. The summed E-state index contributed by atoms with van der Waals surface area (Å²) >= 11 is 0. The van der Waals surface area contributed by atoms with Crippen LogP contribution >= 0.6 is 7.82 Å². The molecule has 0 saturated heterocycles. The Morgan fingerprint density at radius 3 is 1.35 bits per heavy atom. The van der Waals surface area contributed by atoms with Crippen molar-refractivity contribution in [1.29, 1.82) is 0 Å². The van der Waals surface area contributed by atoms with Gasteiger partial charge < -0.3 is 19.8 Å². The van der Waals surface area contributed by atoms with Crippen molar-refractivity contribution in [2.45, 2.75) is 148 Å². The van der Waals surface area contributed by atoms with Crippen LogP contribution in [0, 0.1) is 0 Å². The van der Waals surface area contributed by atoms with E-state index in [1.54, 1.807) is 6.08 Å². The molecule has 0 aromatic carbocycles. The number of nitrogens with zero attached hydrogens (tertiary/aromatic N) is 1. The van der Waals surface area contributed by atoms with Gasteiger partial charge in [0.1, 0.15) is 13.2 Å². The highest BCUT2D eigenvalue weighted by Gasteiger charge is 2.27. The number of nitrogens with one attached hydrogen (secondary N) is 1. The smallest absolute Gasteiger partial charge is 0.387 e. The molecule has 0 spiro atoms. The molecule has 3 atom stereocenters. The van der Waals surface area contributed by atoms with Gasteiger partial charge in [-0.15, -0.1) is 0 Å². The van der Waals surface area contributed by atoms with Crippen LogP contribution in [-0.4, -0.2) is 73.4 Å². The first kappa shape index (κ1) is 59.4. The molecule has 0 radical (unpaired) electrons. The number of quaternary nitrogens is 1. The predicted octanol–water partition coefficient (Wildman–Crippen LogP) is 13.8. The Bertz CT molecular complexity index is 1520. The van der Waals surface area contributed by atoms with Crippen LogP contribution in [0.15, 0.2) is 146 Å². The molecule has 354 valence electrons. The van der Waals surface area contributed by atoms with Gasteiger partial charge in [0.15, 0.2) is 0 Å². The molecule has 0 rings (SSSR count). The van der Waals surface area contributed by atoms with Crippen LogP contribution in [0.25, 0.3) is 0 Å². The normalized spacial score (nSPS) is 15.5. The molecule has 0 aromatic heterocycles. The van der Waals surface area contributed by atoms with Crippen LogP contribution in [0.2, 0.25) is 0 Å². The number of carbonyl (C=O) groups is 1. The van der Waals surface area contributed by atoms with Gasteiger partial charge in [-0.25, -0.2) is 4.57 Å². The molecule has 0 aliphatic carbocycles. The van der Waals surface area contributed by atoms with E-state index in [2.05, 4.69) is 153 Å². The summed E-state index contributed by atoms with van der Waals surface area (Å²) in [6, 6.07) is -0.871. The molecule has 0 aromatic rings. The lowest BCUT2D eigenvalue weighted by atomic mass is 10.1. The Balaban J connectivity index is 4.07. The lowest BCUT2D eigenvalue weighted by Crippen LogP contribution is -2.45. The van der Waals surface area contributed by atoms with Crippen molar-refractivity contribution in [3.63, 3.8) is 0 Å². The summed E-state index contributed by atoms with van der Waals surface area (Å²) < 4.78 is 23.3. The third kappa shape index (κ3) is 46.2. The molecular weight excluding hydrogens is 804 g/mol. The number of aliphatic hydroxyl groups excluding tert-OH is 1. The molecule has 9 heteroatoms. The third-order valence-electron chi connectivity index (χ3n) is 9.32. The van der Waals surface area contributed by atoms with E-state index in [-0.39, 0.29) is 19.1 Å². The van der Waals surface area contributed by atoms with Gasteiger partial charge in [0.05, 0.1) is 39.9 Å². The Labute approximate surface area is 385 Å². The Morgan fingerprint density at radius 2 is 0.952 bits per heavy atom. The average molecular weight is 892 g/mol. The first-order valence-electron chi connectivity index (χ1n) is 23.7. The number of unbranched alkanes of at least 4 members (excludes halogenated alkanes) is 5. The highest BCUT2D eigenvalue weighted by Crippen LogP contribution is 2.43. The predicted molar refractivity (Wildman–Crippen MR) is 271 cm³/mol. The number of hydrogen-bond donors (Lipinski definition) is 3. The molecule has 8 nitrogen and oxygen atoms in total. The molecule has 0 fully saturated rings. The van der Waals surface area contributed by atoms with E-state index in [0.717, 1.165) is 109 Å². The minimum Gasteiger partial charge on any atom is -0.387 e. The summed E-state index contributed by atoms with van der Waals surface area (Å²) in [4.78, 5) is 22.9. The number of likely N-dealkylation sites (N-methyl/N-ethyl adjacent to an activating group) is 1. The van der Waals surface area contributed by atoms with Crippen molar-refractivity contribution in [2.24, 2.45) is 0 Å². The summed E-state index contributed by atoms with van der Waals surface area (Å²) in [6.45, 7) is 4.47. The molecule has 0 heterocycles. The Kier molecular flexibility index (Phi) is 41.1. The number of allylic oxidation sites excluding steroid dienone is 23.